The van der Waals surface area contributed by atoms with Crippen LogP contribution in [-0.2, 0) is 4.74 Å². The molecule has 0 bridgehead atoms. The smallest absolute Gasteiger partial charge is 0.0599 e. The molecule has 1 saturated heterocycles. The van der Waals surface area contributed by atoms with Crippen LogP contribution in [0, 0.1) is 5.92 Å². The number of hydrogen-bond acceptors (Lipinski definition) is 3. The molecule has 2 unspecified atom stereocenters. The van der Waals surface area contributed by atoms with E-state index in [2.05, 4.69) is 18.7 Å². The maximum atomic E-state index is 6.11. The van der Waals surface area contributed by atoms with E-state index < -0.39 is 0 Å². The molecule has 2 N–H and O–H groups in total. The third kappa shape index (κ3) is 2.51. The number of likely N-dealkylation sites (tertiary alicyclic amines) is 1. The minimum atomic E-state index is 0.303. The Kier molecular flexibility index (Phi) is 4.45. The molecule has 0 spiro atoms. The molecule has 3 nitrogen and oxygen atoms in total. The lowest BCUT2D eigenvalue weighted by Crippen LogP contribution is -2.58. The second-order valence-electron chi connectivity index (χ2n) is 5.74. The first-order valence-electron chi connectivity index (χ1n) is 7.29. The molecule has 0 amide bonds. The van der Waals surface area contributed by atoms with Gasteiger partial charge in [-0.15, -0.1) is 0 Å². The van der Waals surface area contributed by atoms with Crippen molar-refractivity contribution in [2.45, 2.75) is 57.6 Å². The summed E-state index contributed by atoms with van der Waals surface area (Å²) in [5, 5.41) is 0. The van der Waals surface area contributed by atoms with Crippen LogP contribution in [0.25, 0.3) is 0 Å². The number of nitrogens with two attached hydrogens (primary N) is 1. The first kappa shape index (κ1) is 13.3. The summed E-state index contributed by atoms with van der Waals surface area (Å²) in [6.45, 7) is 8.50. The maximum Gasteiger partial charge on any atom is 0.0599 e. The Morgan fingerprint density at radius 1 is 1.29 bits per heavy atom. The molecule has 1 saturated carbocycles. The summed E-state index contributed by atoms with van der Waals surface area (Å²) in [7, 11) is 0. The molecular formula is C14H28N2O. The first-order valence-corrected chi connectivity index (χ1v) is 7.29. The zero-order valence-electron chi connectivity index (χ0n) is 11.5. The predicted octanol–water partition coefficient (Wildman–Crippen LogP) is 2.00. The minimum Gasteiger partial charge on any atom is -0.378 e. The molecule has 2 rings (SSSR count). The number of piperidine rings is 1. The van der Waals surface area contributed by atoms with E-state index in [0.29, 0.717) is 11.6 Å². The van der Waals surface area contributed by atoms with Gasteiger partial charge in [-0.25, -0.2) is 0 Å². The Balaban J connectivity index is 1.94. The lowest BCUT2D eigenvalue weighted by Gasteiger charge is -2.47. The van der Waals surface area contributed by atoms with Gasteiger partial charge in [-0.3, -0.25) is 4.90 Å². The summed E-state index contributed by atoms with van der Waals surface area (Å²) in [6, 6.07) is 0. The molecular weight excluding hydrogens is 212 g/mol. The van der Waals surface area contributed by atoms with Gasteiger partial charge in [0, 0.05) is 31.8 Å². The van der Waals surface area contributed by atoms with Gasteiger partial charge in [0.2, 0.25) is 0 Å². The molecule has 0 aromatic heterocycles. The van der Waals surface area contributed by atoms with Crippen LogP contribution < -0.4 is 5.73 Å². The maximum absolute atomic E-state index is 6.11. The van der Waals surface area contributed by atoms with E-state index >= 15 is 0 Å². The van der Waals surface area contributed by atoms with E-state index in [4.69, 9.17) is 10.5 Å². The first-order chi connectivity index (χ1) is 8.23. The second-order valence-corrected chi connectivity index (χ2v) is 5.74. The van der Waals surface area contributed by atoms with Crippen LogP contribution in [0.1, 0.15) is 46.0 Å². The van der Waals surface area contributed by atoms with Crippen molar-refractivity contribution in [3.05, 3.63) is 0 Å². The van der Waals surface area contributed by atoms with Gasteiger partial charge in [-0.1, -0.05) is 13.3 Å². The van der Waals surface area contributed by atoms with Crippen LogP contribution in [0.5, 0.6) is 0 Å². The van der Waals surface area contributed by atoms with Crippen molar-refractivity contribution in [2.75, 3.05) is 26.2 Å². The van der Waals surface area contributed by atoms with Crippen LogP contribution >= 0.6 is 0 Å². The van der Waals surface area contributed by atoms with Crippen molar-refractivity contribution in [1.29, 1.82) is 0 Å². The van der Waals surface area contributed by atoms with Gasteiger partial charge in [0.1, 0.15) is 0 Å². The van der Waals surface area contributed by atoms with Crippen molar-refractivity contribution in [3.8, 4) is 0 Å². The fourth-order valence-corrected chi connectivity index (χ4v) is 3.84. The molecule has 3 heteroatoms. The summed E-state index contributed by atoms with van der Waals surface area (Å²) in [5.74, 6) is 0.760. The van der Waals surface area contributed by atoms with Gasteiger partial charge in [0.15, 0.2) is 0 Å². The predicted molar refractivity (Wildman–Crippen MR) is 71.0 cm³/mol. The van der Waals surface area contributed by atoms with E-state index in [1.807, 2.05) is 0 Å². The number of hydrogen-bond donors (Lipinski definition) is 1. The fourth-order valence-electron chi connectivity index (χ4n) is 3.84. The summed E-state index contributed by atoms with van der Waals surface area (Å²) >= 11 is 0. The largest absolute Gasteiger partial charge is 0.378 e. The van der Waals surface area contributed by atoms with Gasteiger partial charge in [0.25, 0.3) is 0 Å². The molecule has 100 valence electrons. The van der Waals surface area contributed by atoms with Crippen molar-refractivity contribution in [2.24, 2.45) is 11.7 Å². The van der Waals surface area contributed by atoms with Crippen LogP contribution in [0.2, 0.25) is 0 Å². The highest BCUT2D eigenvalue weighted by Gasteiger charge is 2.44. The monoisotopic (exact) mass is 240 g/mol. The third-order valence-electron chi connectivity index (χ3n) is 4.99. The average Bonchev–Trinajstić information content (AvgIpc) is 2.73. The second kappa shape index (κ2) is 5.68. The highest BCUT2D eigenvalue weighted by molar-refractivity contribution is 5.01. The standard InChI is InChI=1S/C14H28N2O/c1-3-17-13-6-9-16(10-7-13)14(11-15)8-4-5-12(14)2/h12-13H,3-11,15H2,1-2H3. The Bertz CT molecular complexity index is 238. The van der Waals surface area contributed by atoms with Crippen LogP contribution in [0.15, 0.2) is 0 Å². The van der Waals surface area contributed by atoms with Crippen molar-refractivity contribution in [1.82, 2.24) is 4.90 Å². The van der Waals surface area contributed by atoms with Gasteiger partial charge in [0.05, 0.1) is 6.10 Å². The Labute approximate surface area is 106 Å². The lowest BCUT2D eigenvalue weighted by atomic mass is 9.84. The van der Waals surface area contributed by atoms with Gasteiger partial charge in [-0.05, 0) is 38.5 Å². The van der Waals surface area contributed by atoms with Crippen molar-refractivity contribution in [3.63, 3.8) is 0 Å². The number of rotatable bonds is 4. The van der Waals surface area contributed by atoms with E-state index in [1.165, 1.54) is 45.2 Å². The average molecular weight is 240 g/mol. The molecule has 0 radical (unpaired) electrons. The van der Waals surface area contributed by atoms with Gasteiger partial charge >= 0.3 is 0 Å². The van der Waals surface area contributed by atoms with E-state index in [0.717, 1.165) is 19.1 Å². The lowest BCUT2D eigenvalue weighted by molar-refractivity contribution is -0.0273. The molecule has 2 aliphatic rings. The van der Waals surface area contributed by atoms with E-state index in [-0.39, 0.29) is 0 Å². The molecule has 1 aliphatic heterocycles. The van der Waals surface area contributed by atoms with E-state index in [9.17, 15) is 0 Å². The summed E-state index contributed by atoms with van der Waals surface area (Å²) in [5.41, 5.74) is 6.41. The van der Waals surface area contributed by atoms with Crippen LogP contribution in [0.4, 0.5) is 0 Å². The Morgan fingerprint density at radius 3 is 2.47 bits per heavy atom. The van der Waals surface area contributed by atoms with Crippen LogP contribution in [-0.4, -0.2) is 42.8 Å². The zero-order valence-corrected chi connectivity index (χ0v) is 11.5. The summed E-state index contributed by atoms with van der Waals surface area (Å²) in [4.78, 5) is 2.67. The number of nitrogens with zero attached hydrogens (tertiary/aromatic N) is 1. The Hall–Kier alpha value is -0.120. The highest BCUT2D eigenvalue weighted by atomic mass is 16.5. The van der Waals surface area contributed by atoms with Gasteiger partial charge in [-0.2, -0.15) is 0 Å². The molecule has 17 heavy (non-hydrogen) atoms. The molecule has 0 aromatic carbocycles. The SMILES string of the molecule is CCOC1CCN(C2(CN)CCCC2C)CC1. The third-order valence-corrected chi connectivity index (χ3v) is 4.99. The van der Waals surface area contributed by atoms with Crippen molar-refractivity contribution >= 4 is 0 Å². The van der Waals surface area contributed by atoms with Gasteiger partial charge < -0.3 is 10.5 Å². The van der Waals surface area contributed by atoms with Crippen LogP contribution in [0.3, 0.4) is 0 Å². The molecule has 2 fully saturated rings. The van der Waals surface area contributed by atoms with E-state index in [1.54, 1.807) is 0 Å². The quantitative estimate of drug-likeness (QED) is 0.817. The minimum absolute atomic E-state index is 0.303. The topological polar surface area (TPSA) is 38.5 Å². The molecule has 2 atom stereocenters. The molecule has 1 aliphatic carbocycles. The highest BCUT2D eigenvalue weighted by Crippen LogP contribution is 2.40. The molecule has 0 aromatic rings. The van der Waals surface area contributed by atoms with Crippen molar-refractivity contribution < 1.29 is 4.74 Å². The summed E-state index contributed by atoms with van der Waals surface area (Å²) < 4.78 is 5.73. The number of ether oxygens (including phenoxy) is 1. The normalized spacial score (nSPS) is 36.5. The zero-order chi connectivity index (χ0) is 12.3. The molecule has 1 heterocycles. The fraction of sp³-hybridized carbons (Fsp3) is 1.00. The summed E-state index contributed by atoms with van der Waals surface area (Å²) in [6.07, 6.45) is 6.85. The Morgan fingerprint density at radius 2 is 2.00 bits per heavy atom.